The van der Waals surface area contributed by atoms with Crippen LogP contribution in [0.5, 0.6) is 11.5 Å². The van der Waals surface area contributed by atoms with Gasteiger partial charge in [0.05, 0.1) is 46.2 Å². The van der Waals surface area contributed by atoms with Crippen LogP contribution >= 0.6 is 7.29 Å². The Morgan fingerprint density at radius 1 is 0.800 bits per heavy atom. The van der Waals surface area contributed by atoms with Crippen LogP contribution in [0.3, 0.4) is 0 Å². The Labute approximate surface area is 352 Å². The van der Waals surface area contributed by atoms with Crippen LogP contribution in [-0.4, -0.2) is 77.7 Å². The summed E-state index contributed by atoms with van der Waals surface area (Å²) in [6.45, 7) is 9.60. The third kappa shape index (κ3) is 9.89. The van der Waals surface area contributed by atoms with Crippen LogP contribution in [0.1, 0.15) is 66.7 Å². The molecule has 4 aromatic carbocycles. The van der Waals surface area contributed by atoms with Gasteiger partial charge in [0.25, 0.3) is 11.5 Å². The first-order chi connectivity index (χ1) is 28.8. The molecule has 316 valence electrons. The first-order valence-electron chi connectivity index (χ1n) is 20.1. The molecule has 1 heterocycles. The number of methoxy groups -OCH3 is 2. The molecule has 0 amide bonds. The number of aromatic nitrogens is 2. The highest BCUT2D eigenvalue weighted by Crippen LogP contribution is 2.58. The molecule has 0 spiro atoms. The van der Waals surface area contributed by atoms with Gasteiger partial charge in [-0.25, -0.2) is 9.46 Å². The lowest BCUT2D eigenvalue weighted by atomic mass is 9.80. The van der Waals surface area contributed by atoms with E-state index in [1.54, 1.807) is 51.5 Å². The minimum atomic E-state index is -3.08. The minimum absolute atomic E-state index is 0.0104. The van der Waals surface area contributed by atoms with E-state index < -0.39 is 36.2 Å². The average molecular weight is 835 g/mol. The van der Waals surface area contributed by atoms with Crippen LogP contribution in [0.4, 0.5) is 0 Å². The molecule has 0 aliphatic carbocycles. The topological polar surface area (TPSA) is 142 Å². The lowest BCUT2D eigenvalue weighted by molar-refractivity contribution is -0.0705. The monoisotopic (exact) mass is 834 g/mol. The Kier molecular flexibility index (Phi) is 15.6. The predicted octanol–water partition coefficient (Wildman–Crippen LogP) is 7.73. The molecular formula is C47H55N4O8P. The molecule has 12 nitrogen and oxygen atoms in total. The third-order valence-electron chi connectivity index (χ3n) is 10.7. The molecular weight excluding hydrogens is 780 g/mol. The summed E-state index contributed by atoms with van der Waals surface area (Å²) in [4.78, 5) is 40.3. The number of carbonyl (C=O) groups excluding carboxylic acids is 1. The van der Waals surface area contributed by atoms with Crippen LogP contribution in [0, 0.1) is 18.3 Å². The van der Waals surface area contributed by atoms with E-state index in [9.17, 15) is 24.2 Å². The largest absolute Gasteiger partial charge is 0.497 e. The quantitative estimate of drug-likeness (QED) is 0.0565. The molecule has 0 unspecified atom stereocenters. The number of aryl methyl sites for hydroxylation is 1. The van der Waals surface area contributed by atoms with Crippen molar-refractivity contribution in [3.8, 4) is 17.6 Å². The van der Waals surface area contributed by atoms with E-state index in [0.29, 0.717) is 16.1 Å². The Balaban J connectivity index is 1.59. The fraction of sp³-hybridized carbons (Fsp3) is 0.362. The van der Waals surface area contributed by atoms with Gasteiger partial charge < -0.3 is 23.5 Å². The number of benzene rings is 4. The highest BCUT2D eigenvalue weighted by molar-refractivity contribution is 7.62. The van der Waals surface area contributed by atoms with Crippen LogP contribution < -0.4 is 20.7 Å². The maximum atomic E-state index is 15.0. The maximum absolute atomic E-state index is 15.0. The van der Waals surface area contributed by atoms with Gasteiger partial charge in [0.1, 0.15) is 17.1 Å². The zero-order valence-corrected chi connectivity index (χ0v) is 36.3. The van der Waals surface area contributed by atoms with Crippen LogP contribution in [0.15, 0.2) is 125 Å². The molecule has 0 radical (unpaired) electrons. The smallest absolute Gasteiger partial charge is 0.338 e. The maximum Gasteiger partial charge on any atom is 0.338 e. The lowest BCUT2D eigenvalue weighted by Crippen LogP contribution is -2.45. The summed E-state index contributed by atoms with van der Waals surface area (Å²) < 4.78 is 43.7. The molecule has 1 aromatic heterocycles. The molecule has 0 bridgehead atoms. The summed E-state index contributed by atoms with van der Waals surface area (Å²) in [6, 6.07) is 35.5. The first-order valence-corrected chi connectivity index (χ1v) is 21.9. The van der Waals surface area contributed by atoms with Crippen molar-refractivity contribution >= 4 is 13.2 Å². The van der Waals surface area contributed by atoms with Gasteiger partial charge in [-0.1, -0.05) is 100 Å². The minimum Gasteiger partial charge on any atom is -0.497 e. The second kappa shape index (κ2) is 20.6. The van der Waals surface area contributed by atoms with Gasteiger partial charge in [-0.2, -0.15) is 9.83 Å². The Morgan fingerprint density at radius 3 is 1.82 bits per heavy atom. The van der Waals surface area contributed by atoms with Gasteiger partial charge >= 0.3 is 5.69 Å². The summed E-state index contributed by atoms with van der Waals surface area (Å²) in [5.74, 6) is 0.617. The van der Waals surface area contributed by atoms with E-state index in [0.717, 1.165) is 16.7 Å². The van der Waals surface area contributed by atoms with Crippen molar-refractivity contribution in [1.29, 1.82) is 5.26 Å². The van der Waals surface area contributed by atoms with E-state index in [1.807, 2.05) is 111 Å². The summed E-state index contributed by atoms with van der Waals surface area (Å²) in [6.07, 6.45) is 0.823. The molecule has 0 saturated carbocycles. The van der Waals surface area contributed by atoms with Crippen molar-refractivity contribution in [1.82, 2.24) is 13.8 Å². The molecule has 0 fully saturated rings. The Hall–Kier alpha value is -5.57. The molecule has 0 aliphatic heterocycles. The highest BCUT2D eigenvalue weighted by atomic mass is 31.2. The van der Waals surface area contributed by atoms with Gasteiger partial charge in [0, 0.05) is 48.2 Å². The Morgan fingerprint density at radius 2 is 1.32 bits per heavy atom. The lowest BCUT2D eigenvalue weighted by Gasteiger charge is -2.40. The zero-order valence-electron chi connectivity index (χ0n) is 35.4. The van der Waals surface area contributed by atoms with Gasteiger partial charge in [-0.05, 0) is 60.0 Å². The van der Waals surface area contributed by atoms with Crippen molar-refractivity contribution in [2.24, 2.45) is 0 Å². The molecule has 13 heteroatoms. The molecule has 5 rings (SSSR count). The van der Waals surface area contributed by atoms with Gasteiger partial charge in [-0.3, -0.25) is 14.2 Å². The predicted molar refractivity (Wildman–Crippen MR) is 234 cm³/mol. The number of ether oxygens (including phenoxy) is 4. The number of rotatable bonds is 20. The molecule has 1 atom stereocenters. The molecule has 0 N–H and O–H groups in total. The van der Waals surface area contributed by atoms with Crippen LogP contribution in [0.25, 0.3) is 0 Å². The summed E-state index contributed by atoms with van der Waals surface area (Å²) >= 11 is 0. The van der Waals surface area contributed by atoms with Gasteiger partial charge in [-0.15, -0.1) is 0 Å². The fourth-order valence-electron chi connectivity index (χ4n) is 7.59. The standard InChI is InChI=1S/C47H55N4O8P/c1-34(2)60(55,35(3)4)50(28-14-27-48)32-43(58-30-29-49-31-36(5)44(52)51(46(49)54)45(53)37-15-10-8-11-16-37)33-59-47(38-17-12-9-13-18-38,39-19-23-41(56-6)24-20-39)40-21-25-42(57-7)26-22-40/h8-13,15-26,31,34-35,43H,14,28-30,32-33H2,1-7H3/t43-/m1/s1. The number of carbonyl (C=O) groups is 1. The molecule has 60 heavy (non-hydrogen) atoms. The van der Waals surface area contributed by atoms with Crippen LogP contribution in [0.2, 0.25) is 0 Å². The van der Waals surface area contributed by atoms with E-state index >= 15 is 0 Å². The van der Waals surface area contributed by atoms with Crippen molar-refractivity contribution in [3.63, 3.8) is 0 Å². The number of hydrogen-bond donors (Lipinski definition) is 0. The van der Waals surface area contributed by atoms with Gasteiger partial charge in [0.2, 0.25) is 0 Å². The fourth-order valence-corrected chi connectivity index (χ4v) is 10.9. The SMILES string of the molecule is COc1ccc(C(OC[C@@H](CN(CCC#N)P(=O)(C(C)C)C(C)C)OCCn2cc(C)c(=O)n(C(=O)c3ccccc3)c2=O)(c2ccccc2)c2ccc(OC)cc2)cc1. The highest BCUT2D eigenvalue weighted by Gasteiger charge is 2.41. The zero-order chi connectivity index (χ0) is 43.5. The Bertz CT molecular complexity index is 2330. The summed E-state index contributed by atoms with van der Waals surface area (Å²) in [5.41, 5.74) is -0.255. The number of nitriles is 1. The summed E-state index contributed by atoms with van der Waals surface area (Å²) in [5, 5.41) is 9.70. The molecule has 0 saturated heterocycles. The molecule has 5 aromatic rings. The summed E-state index contributed by atoms with van der Waals surface area (Å²) in [7, 11) is 0.135. The first kappa shape index (κ1) is 45.5. The number of nitrogens with zero attached hydrogens (tertiary/aromatic N) is 4. The van der Waals surface area contributed by atoms with Crippen molar-refractivity contribution < 1.29 is 28.3 Å². The van der Waals surface area contributed by atoms with E-state index in [-0.39, 0.29) is 61.7 Å². The van der Waals surface area contributed by atoms with E-state index in [1.165, 1.54) is 10.8 Å². The van der Waals surface area contributed by atoms with Crippen molar-refractivity contribution in [2.45, 2.75) is 70.6 Å². The van der Waals surface area contributed by atoms with Gasteiger partial charge in [0.15, 0.2) is 7.29 Å². The molecule has 0 aliphatic rings. The second-order valence-corrected chi connectivity index (χ2v) is 19.1. The second-order valence-electron chi connectivity index (χ2n) is 15.1. The third-order valence-corrected chi connectivity index (χ3v) is 14.9. The van der Waals surface area contributed by atoms with Crippen molar-refractivity contribution in [3.05, 3.63) is 164 Å². The van der Waals surface area contributed by atoms with E-state index in [2.05, 4.69) is 6.07 Å². The van der Waals surface area contributed by atoms with Crippen LogP contribution in [-0.2, 0) is 26.2 Å². The van der Waals surface area contributed by atoms with E-state index in [4.69, 9.17) is 18.9 Å². The normalized spacial score (nSPS) is 12.4. The van der Waals surface area contributed by atoms with Crippen molar-refractivity contribution in [2.75, 3.05) is 40.5 Å². The average Bonchev–Trinajstić information content (AvgIpc) is 3.27. The number of hydrogen-bond acceptors (Lipinski definition) is 9.